The van der Waals surface area contributed by atoms with Gasteiger partial charge in [-0.3, -0.25) is 4.79 Å². The van der Waals surface area contributed by atoms with Crippen molar-refractivity contribution in [2.45, 2.75) is 12.5 Å². The summed E-state index contributed by atoms with van der Waals surface area (Å²) in [6, 6.07) is 8.96. The number of nitrogens with zero attached hydrogens (tertiary/aromatic N) is 1. The number of nitrogens with two attached hydrogens (primary N) is 1. The van der Waals surface area contributed by atoms with Gasteiger partial charge >= 0.3 is 0 Å². The Morgan fingerprint density at radius 2 is 1.79 bits per heavy atom. The van der Waals surface area contributed by atoms with Crippen LogP contribution in [0.15, 0.2) is 30.3 Å². The molecule has 2 rings (SSSR count). The number of amides is 1. The molecule has 19 heavy (non-hydrogen) atoms. The minimum atomic E-state index is -2.97. The van der Waals surface area contributed by atoms with E-state index in [-0.39, 0.29) is 30.5 Å². The van der Waals surface area contributed by atoms with Gasteiger partial charge in [-0.2, -0.15) is 0 Å². The van der Waals surface area contributed by atoms with Crippen LogP contribution in [0.3, 0.4) is 0 Å². The van der Waals surface area contributed by atoms with E-state index in [0.717, 1.165) is 5.56 Å². The fourth-order valence-corrected chi connectivity index (χ4v) is 3.32. The second-order valence-electron chi connectivity index (χ2n) is 4.77. The molecule has 0 spiro atoms. The molecule has 1 fully saturated rings. The molecule has 104 valence electrons. The molecule has 0 radical (unpaired) electrons. The van der Waals surface area contributed by atoms with E-state index < -0.39 is 15.9 Å². The van der Waals surface area contributed by atoms with Crippen LogP contribution >= 0.6 is 0 Å². The zero-order valence-electron chi connectivity index (χ0n) is 10.7. The van der Waals surface area contributed by atoms with Gasteiger partial charge in [-0.15, -0.1) is 0 Å². The molecule has 1 aromatic carbocycles. The van der Waals surface area contributed by atoms with E-state index >= 15 is 0 Å². The molecule has 1 aliphatic heterocycles. The molecule has 1 atom stereocenters. The molecule has 1 aliphatic rings. The highest BCUT2D eigenvalue weighted by molar-refractivity contribution is 7.91. The molecule has 1 amide bonds. The van der Waals surface area contributed by atoms with Gasteiger partial charge in [-0.25, -0.2) is 8.42 Å². The first kappa shape index (κ1) is 14.0. The number of carbonyl (C=O) groups is 1. The third-order valence-corrected chi connectivity index (χ3v) is 4.88. The number of carbonyl (C=O) groups excluding carboxylic acids is 1. The summed E-state index contributed by atoms with van der Waals surface area (Å²) in [6.45, 7) is 0.507. The van der Waals surface area contributed by atoms with Crippen molar-refractivity contribution in [2.24, 2.45) is 5.73 Å². The molecule has 0 aliphatic carbocycles. The first-order valence-corrected chi connectivity index (χ1v) is 8.09. The molecule has 0 bridgehead atoms. The highest BCUT2D eigenvalue weighted by atomic mass is 32.2. The summed E-state index contributed by atoms with van der Waals surface area (Å²) in [6.07, 6.45) is 0.475. The Morgan fingerprint density at radius 1 is 1.21 bits per heavy atom. The number of hydrogen-bond donors (Lipinski definition) is 1. The van der Waals surface area contributed by atoms with E-state index in [0.29, 0.717) is 6.42 Å². The standard InChI is InChI=1S/C13H18N2O3S/c14-12(10-11-4-2-1-3-5-11)13(16)15-6-8-19(17,18)9-7-15/h1-5,12H,6-10,14H2/t12-/m1/s1. The van der Waals surface area contributed by atoms with Gasteiger partial charge in [0.1, 0.15) is 0 Å². The lowest BCUT2D eigenvalue weighted by Gasteiger charge is -2.29. The van der Waals surface area contributed by atoms with E-state index in [4.69, 9.17) is 5.73 Å². The van der Waals surface area contributed by atoms with Crippen LogP contribution in [0, 0.1) is 0 Å². The average Bonchev–Trinajstić information content (AvgIpc) is 2.39. The zero-order valence-corrected chi connectivity index (χ0v) is 11.5. The third kappa shape index (κ3) is 3.78. The number of sulfone groups is 1. The lowest BCUT2D eigenvalue weighted by molar-refractivity contribution is -0.132. The van der Waals surface area contributed by atoms with Crippen molar-refractivity contribution in [3.05, 3.63) is 35.9 Å². The summed E-state index contributed by atoms with van der Waals surface area (Å²) in [5, 5.41) is 0. The van der Waals surface area contributed by atoms with Crippen LogP contribution in [0.25, 0.3) is 0 Å². The normalized spacial score (nSPS) is 19.9. The summed E-state index contributed by atoms with van der Waals surface area (Å²) >= 11 is 0. The zero-order chi connectivity index (χ0) is 13.9. The van der Waals surface area contributed by atoms with Gasteiger partial charge in [-0.05, 0) is 12.0 Å². The Kier molecular flexibility index (Phi) is 4.21. The van der Waals surface area contributed by atoms with Crippen LogP contribution in [0.4, 0.5) is 0 Å². The second kappa shape index (κ2) is 5.71. The van der Waals surface area contributed by atoms with Gasteiger partial charge in [-0.1, -0.05) is 30.3 Å². The number of hydrogen-bond acceptors (Lipinski definition) is 4. The van der Waals surface area contributed by atoms with Crippen molar-refractivity contribution in [1.29, 1.82) is 0 Å². The summed E-state index contributed by atoms with van der Waals surface area (Å²) in [7, 11) is -2.97. The van der Waals surface area contributed by atoms with Crippen LogP contribution in [-0.4, -0.2) is 49.9 Å². The average molecular weight is 282 g/mol. The Morgan fingerprint density at radius 3 is 2.37 bits per heavy atom. The molecule has 1 saturated heterocycles. The van der Waals surface area contributed by atoms with Gasteiger partial charge in [0.05, 0.1) is 17.5 Å². The van der Waals surface area contributed by atoms with Crippen LogP contribution in [0.5, 0.6) is 0 Å². The maximum atomic E-state index is 12.1. The van der Waals surface area contributed by atoms with Gasteiger partial charge in [0, 0.05) is 13.1 Å². The highest BCUT2D eigenvalue weighted by Crippen LogP contribution is 2.08. The lowest BCUT2D eigenvalue weighted by atomic mass is 10.1. The van der Waals surface area contributed by atoms with Crippen molar-refractivity contribution >= 4 is 15.7 Å². The Balaban J connectivity index is 1.93. The molecule has 6 heteroatoms. The summed E-state index contributed by atoms with van der Waals surface area (Å²) < 4.78 is 22.6. The van der Waals surface area contributed by atoms with Gasteiger partial charge in [0.25, 0.3) is 0 Å². The van der Waals surface area contributed by atoms with Crippen molar-refractivity contribution in [1.82, 2.24) is 4.90 Å². The van der Waals surface area contributed by atoms with Gasteiger partial charge < -0.3 is 10.6 Å². The molecule has 0 saturated carbocycles. The topological polar surface area (TPSA) is 80.5 Å². The Hall–Kier alpha value is -1.40. The minimum Gasteiger partial charge on any atom is -0.339 e. The maximum absolute atomic E-state index is 12.1. The summed E-state index contributed by atoms with van der Waals surface area (Å²) in [5.74, 6) is -0.0908. The third-order valence-electron chi connectivity index (χ3n) is 3.27. The van der Waals surface area contributed by atoms with Crippen LogP contribution < -0.4 is 5.73 Å². The van der Waals surface area contributed by atoms with E-state index in [2.05, 4.69) is 0 Å². The lowest BCUT2D eigenvalue weighted by Crippen LogP contribution is -2.50. The maximum Gasteiger partial charge on any atom is 0.239 e. The fourth-order valence-electron chi connectivity index (χ4n) is 2.12. The van der Waals surface area contributed by atoms with Crippen molar-refractivity contribution in [3.63, 3.8) is 0 Å². The highest BCUT2D eigenvalue weighted by Gasteiger charge is 2.27. The molecular weight excluding hydrogens is 264 g/mol. The van der Waals surface area contributed by atoms with Crippen LogP contribution in [0.2, 0.25) is 0 Å². The summed E-state index contributed by atoms with van der Waals surface area (Å²) in [4.78, 5) is 13.7. The molecule has 0 unspecified atom stereocenters. The summed E-state index contributed by atoms with van der Waals surface area (Å²) in [5.41, 5.74) is 6.91. The minimum absolute atomic E-state index is 0.0385. The van der Waals surface area contributed by atoms with Gasteiger partial charge in [0.2, 0.25) is 5.91 Å². The van der Waals surface area contributed by atoms with E-state index in [1.54, 1.807) is 4.90 Å². The fraction of sp³-hybridized carbons (Fsp3) is 0.462. The second-order valence-corrected chi connectivity index (χ2v) is 7.08. The van der Waals surface area contributed by atoms with Crippen LogP contribution in [0.1, 0.15) is 5.56 Å². The van der Waals surface area contributed by atoms with Crippen molar-refractivity contribution in [2.75, 3.05) is 24.6 Å². The van der Waals surface area contributed by atoms with Gasteiger partial charge in [0.15, 0.2) is 9.84 Å². The molecule has 0 aromatic heterocycles. The first-order chi connectivity index (χ1) is 8.98. The first-order valence-electron chi connectivity index (χ1n) is 6.27. The van der Waals surface area contributed by atoms with E-state index in [1.807, 2.05) is 30.3 Å². The Labute approximate surface area is 113 Å². The molecule has 2 N–H and O–H groups in total. The van der Waals surface area contributed by atoms with E-state index in [9.17, 15) is 13.2 Å². The smallest absolute Gasteiger partial charge is 0.239 e. The quantitative estimate of drug-likeness (QED) is 0.833. The number of rotatable bonds is 3. The molecule has 1 heterocycles. The predicted octanol–water partition coefficient (Wildman–Crippen LogP) is -0.187. The number of benzene rings is 1. The van der Waals surface area contributed by atoms with Crippen LogP contribution in [-0.2, 0) is 21.1 Å². The largest absolute Gasteiger partial charge is 0.339 e. The molecule has 1 aromatic rings. The molecular formula is C13H18N2O3S. The monoisotopic (exact) mass is 282 g/mol. The predicted molar refractivity (Wildman–Crippen MR) is 73.4 cm³/mol. The van der Waals surface area contributed by atoms with Crippen molar-refractivity contribution in [3.8, 4) is 0 Å². The Bertz CT molecular complexity index is 528. The van der Waals surface area contributed by atoms with Crippen molar-refractivity contribution < 1.29 is 13.2 Å². The van der Waals surface area contributed by atoms with E-state index in [1.165, 1.54) is 0 Å². The SMILES string of the molecule is N[C@H](Cc1ccccc1)C(=O)N1CCS(=O)(=O)CC1. The molecule has 5 nitrogen and oxygen atoms in total.